The van der Waals surface area contributed by atoms with Crippen LogP contribution in [0.1, 0.15) is 50.4 Å². The van der Waals surface area contributed by atoms with Crippen LogP contribution in [0.25, 0.3) is 0 Å². The molecule has 2 aromatic rings. The molecule has 1 fully saturated rings. The Hall–Kier alpha value is -1.69. The van der Waals surface area contributed by atoms with Gasteiger partial charge in [-0.1, -0.05) is 20.8 Å². The zero-order valence-corrected chi connectivity index (χ0v) is 14.8. The average molecular weight is 332 g/mol. The van der Waals surface area contributed by atoms with Gasteiger partial charge in [0.1, 0.15) is 0 Å². The van der Waals surface area contributed by atoms with Crippen molar-refractivity contribution in [3.63, 3.8) is 0 Å². The predicted octanol–water partition coefficient (Wildman–Crippen LogP) is 3.04. The molecule has 1 unspecified atom stereocenters. The van der Waals surface area contributed by atoms with E-state index in [1.54, 1.807) is 17.5 Å². The Morgan fingerprint density at radius 3 is 2.91 bits per heavy atom. The molecule has 1 saturated heterocycles. The molecule has 1 aliphatic heterocycles. The van der Waals surface area contributed by atoms with Gasteiger partial charge >= 0.3 is 0 Å². The molecule has 0 radical (unpaired) electrons. The number of amides is 1. The number of carbonyl (C=O) groups is 1. The van der Waals surface area contributed by atoms with Crippen molar-refractivity contribution in [1.82, 2.24) is 19.4 Å². The Balaban J connectivity index is 1.63. The van der Waals surface area contributed by atoms with Crippen LogP contribution in [0.4, 0.5) is 0 Å². The van der Waals surface area contributed by atoms with E-state index in [4.69, 9.17) is 0 Å². The minimum Gasteiger partial charge on any atom is -0.340 e. The van der Waals surface area contributed by atoms with Crippen LogP contribution in [0.15, 0.2) is 24.1 Å². The maximum absolute atomic E-state index is 12.6. The van der Waals surface area contributed by atoms with Gasteiger partial charge in [-0.25, -0.2) is 9.97 Å². The Labute approximate surface area is 141 Å². The fraction of sp³-hybridized carbons (Fsp3) is 0.588. The molecule has 0 N–H and O–H groups in total. The highest BCUT2D eigenvalue weighted by atomic mass is 32.1. The number of likely N-dealkylation sites (tertiary alicyclic amines) is 1. The van der Waals surface area contributed by atoms with Crippen LogP contribution < -0.4 is 0 Å². The second-order valence-corrected chi connectivity index (χ2v) is 8.07. The van der Waals surface area contributed by atoms with E-state index in [0.717, 1.165) is 36.6 Å². The topological polar surface area (TPSA) is 51.0 Å². The molecule has 1 atom stereocenters. The molecule has 0 spiro atoms. The highest BCUT2D eigenvalue weighted by molar-refractivity contribution is 7.09. The van der Waals surface area contributed by atoms with Crippen LogP contribution in [0.5, 0.6) is 0 Å². The third kappa shape index (κ3) is 3.80. The third-order valence-corrected chi connectivity index (χ3v) is 5.54. The van der Waals surface area contributed by atoms with Gasteiger partial charge in [0.25, 0.3) is 0 Å². The quantitative estimate of drug-likeness (QED) is 0.868. The second-order valence-electron chi connectivity index (χ2n) is 7.22. The Kier molecular flexibility index (Phi) is 4.53. The highest BCUT2D eigenvalue weighted by Crippen LogP contribution is 2.26. The summed E-state index contributed by atoms with van der Waals surface area (Å²) in [7, 11) is 0. The summed E-state index contributed by atoms with van der Waals surface area (Å²) in [6.07, 6.45) is 8.17. The lowest BCUT2D eigenvalue weighted by Gasteiger charge is -2.33. The van der Waals surface area contributed by atoms with Gasteiger partial charge in [-0.3, -0.25) is 4.79 Å². The molecule has 23 heavy (non-hydrogen) atoms. The fourth-order valence-corrected chi connectivity index (χ4v) is 3.82. The van der Waals surface area contributed by atoms with Crippen LogP contribution in [-0.2, 0) is 16.6 Å². The smallest absolute Gasteiger partial charge is 0.228 e. The molecule has 3 rings (SSSR count). The minimum absolute atomic E-state index is 0.0452. The van der Waals surface area contributed by atoms with Gasteiger partial charge in [-0.05, 0) is 12.8 Å². The lowest BCUT2D eigenvalue weighted by Crippen LogP contribution is -2.41. The normalized spacial score (nSPS) is 19.1. The number of hydrogen-bond acceptors (Lipinski definition) is 4. The Bertz CT molecular complexity index is 656. The van der Waals surface area contributed by atoms with Crippen molar-refractivity contribution in [2.75, 3.05) is 13.1 Å². The van der Waals surface area contributed by atoms with E-state index in [0.29, 0.717) is 12.5 Å². The zero-order chi connectivity index (χ0) is 16.4. The molecule has 0 saturated carbocycles. The van der Waals surface area contributed by atoms with Gasteiger partial charge in [0.2, 0.25) is 5.91 Å². The first kappa shape index (κ1) is 16.2. The molecule has 1 aliphatic rings. The molecule has 3 heterocycles. The highest BCUT2D eigenvalue weighted by Gasteiger charge is 2.25. The summed E-state index contributed by atoms with van der Waals surface area (Å²) in [4.78, 5) is 23.3. The Morgan fingerprint density at radius 2 is 2.26 bits per heavy atom. The van der Waals surface area contributed by atoms with Gasteiger partial charge in [-0.2, -0.15) is 0 Å². The van der Waals surface area contributed by atoms with Crippen LogP contribution in [0, 0.1) is 0 Å². The lowest BCUT2D eigenvalue weighted by molar-refractivity contribution is -0.132. The maximum atomic E-state index is 12.6. The van der Waals surface area contributed by atoms with Crippen molar-refractivity contribution < 1.29 is 4.79 Å². The molecular weight excluding hydrogens is 308 g/mol. The van der Waals surface area contributed by atoms with E-state index in [-0.39, 0.29) is 11.3 Å². The average Bonchev–Trinajstić information content (AvgIpc) is 3.18. The van der Waals surface area contributed by atoms with Gasteiger partial charge in [0.05, 0.1) is 29.5 Å². The molecule has 124 valence electrons. The van der Waals surface area contributed by atoms with Gasteiger partial charge in [0.15, 0.2) is 0 Å². The molecule has 0 aliphatic carbocycles. The number of piperidine rings is 1. The van der Waals surface area contributed by atoms with E-state index in [2.05, 4.69) is 35.3 Å². The maximum Gasteiger partial charge on any atom is 0.228 e. The minimum atomic E-state index is 0.0452. The first-order valence-electron chi connectivity index (χ1n) is 8.13. The van der Waals surface area contributed by atoms with Crippen molar-refractivity contribution in [2.45, 2.75) is 51.5 Å². The SMILES string of the molecule is CC(C)(C)c1nc(CC(=O)N2CCCC(n3ccnc3)C2)cs1. The van der Waals surface area contributed by atoms with Gasteiger partial charge in [0, 0.05) is 36.3 Å². The number of imidazole rings is 1. The number of nitrogens with zero attached hydrogens (tertiary/aromatic N) is 4. The van der Waals surface area contributed by atoms with E-state index in [1.807, 2.05) is 22.8 Å². The van der Waals surface area contributed by atoms with E-state index in [1.165, 1.54) is 0 Å². The molecule has 5 nitrogen and oxygen atoms in total. The summed E-state index contributed by atoms with van der Waals surface area (Å²) in [5.74, 6) is 0.181. The standard InChI is InChI=1S/C17H24N4OS/c1-17(2,3)16-19-13(11-23-16)9-15(22)20-7-4-5-14(10-20)21-8-6-18-12-21/h6,8,11-12,14H,4-5,7,9-10H2,1-3H3. The number of hydrogen-bond donors (Lipinski definition) is 0. The largest absolute Gasteiger partial charge is 0.340 e. The molecule has 0 aromatic carbocycles. The van der Waals surface area contributed by atoms with E-state index in [9.17, 15) is 4.79 Å². The van der Waals surface area contributed by atoms with Gasteiger partial charge in [-0.15, -0.1) is 11.3 Å². The Morgan fingerprint density at radius 1 is 1.43 bits per heavy atom. The molecule has 2 aromatic heterocycles. The summed E-state index contributed by atoms with van der Waals surface area (Å²) in [5, 5.41) is 3.12. The van der Waals surface area contributed by atoms with Crippen molar-refractivity contribution in [3.8, 4) is 0 Å². The molecule has 1 amide bonds. The summed E-state index contributed by atoms with van der Waals surface area (Å²) in [6.45, 7) is 8.07. The van der Waals surface area contributed by atoms with Crippen LogP contribution in [0.3, 0.4) is 0 Å². The molecular formula is C17H24N4OS. The molecule has 0 bridgehead atoms. The first-order chi connectivity index (χ1) is 10.9. The fourth-order valence-electron chi connectivity index (χ4n) is 2.91. The van der Waals surface area contributed by atoms with Crippen molar-refractivity contribution in [1.29, 1.82) is 0 Å². The van der Waals surface area contributed by atoms with E-state index < -0.39 is 0 Å². The second kappa shape index (κ2) is 6.43. The first-order valence-corrected chi connectivity index (χ1v) is 9.01. The van der Waals surface area contributed by atoms with Crippen molar-refractivity contribution in [2.24, 2.45) is 0 Å². The third-order valence-electron chi connectivity index (χ3n) is 4.22. The summed E-state index contributed by atoms with van der Waals surface area (Å²) >= 11 is 1.65. The van der Waals surface area contributed by atoms with Crippen molar-refractivity contribution >= 4 is 17.2 Å². The van der Waals surface area contributed by atoms with Crippen LogP contribution in [-0.4, -0.2) is 38.4 Å². The predicted molar refractivity (Wildman–Crippen MR) is 91.6 cm³/mol. The zero-order valence-electron chi connectivity index (χ0n) is 14.0. The van der Waals surface area contributed by atoms with Crippen LogP contribution in [0.2, 0.25) is 0 Å². The monoisotopic (exact) mass is 332 g/mol. The molecule has 6 heteroatoms. The number of aromatic nitrogens is 3. The number of carbonyl (C=O) groups excluding carboxylic acids is 1. The number of thiazole rings is 1. The lowest BCUT2D eigenvalue weighted by atomic mass is 9.98. The van der Waals surface area contributed by atoms with Crippen LogP contribution >= 0.6 is 11.3 Å². The van der Waals surface area contributed by atoms with Gasteiger partial charge < -0.3 is 9.47 Å². The van der Waals surface area contributed by atoms with Crippen molar-refractivity contribution in [3.05, 3.63) is 34.8 Å². The summed E-state index contributed by atoms with van der Waals surface area (Å²) < 4.78 is 2.11. The number of rotatable bonds is 3. The summed E-state index contributed by atoms with van der Waals surface area (Å²) in [5.41, 5.74) is 0.943. The van der Waals surface area contributed by atoms with E-state index >= 15 is 0 Å². The summed E-state index contributed by atoms with van der Waals surface area (Å²) in [6, 6.07) is 0.343.